The van der Waals surface area contributed by atoms with E-state index < -0.39 is 5.91 Å². The summed E-state index contributed by atoms with van der Waals surface area (Å²) in [5.74, 6) is -0.662. The molecule has 1 heterocycles. The van der Waals surface area contributed by atoms with Crippen LogP contribution >= 0.6 is 0 Å². The molecule has 3 rings (SSSR count). The summed E-state index contributed by atoms with van der Waals surface area (Å²) in [6.07, 6.45) is 0.547. The summed E-state index contributed by atoms with van der Waals surface area (Å²) in [6, 6.07) is 18.2. The second-order valence-electron chi connectivity index (χ2n) is 5.95. The predicted octanol–water partition coefficient (Wildman–Crippen LogP) is 2.28. The number of benzene rings is 2. The Morgan fingerprint density at radius 3 is 2.41 bits per heavy atom. The molecule has 7 nitrogen and oxygen atoms in total. The Kier molecular flexibility index (Phi) is 5.84. The molecular weight excluding hydrogens is 344 g/mol. The van der Waals surface area contributed by atoms with Crippen LogP contribution in [0, 0.1) is 0 Å². The van der Waals surface area contributed by atoms with Crippen LogP contribution in [-0.4, -0.2) is 40.8 Å². The van der Waals surface area contributed by atoms with E-state index >= 15 is 0 Å². The van der Waals surface area contributed by atoms with Gasteiger partial charge in [-0.1, -0.05) is 53.7 Å². The predicted molar refractivity (Wildman–Crippen MR) is 103 cm³/mol. The van der Waals surface area contributed by atoms with Crippen molar-refractivity contribution in [1.82, 2.24) is 15.6 Å². The van der Waals surface area contributed by atoms with Crippen molar-refractivity contribution in [3.63, 3.8) is 0 Å². The smallest absolute Gasteiger partial charge is 0.273 e. The molecule has 0 spiro atoms. The lowest BCUT2D eigenvalue weighted by Gasteiger charge is -2.07. The van der Waals surface area contributed by atoms with E-state index in [9.17, 15) is 9.59 Å². The van der Waals surface area contributed by atoms with Gasteiger partial charge in [0, 0.05) is 29.6 Å². The molecule has 27 heavy (non-hydrogen) atoms. The van der Waals surface area contributed by atoms with E-state index in [1.165, 1.54) is 0 Å². The number of oxime groups is 1. The van der Waals surface area contributed by atoms with E-state index in [2.05, 4.69) is 20.8 Å². The number of aromatic nitrogens is 1. The number of H-pyrrole nitrogens is 1. The van der Waals surface area contributed by atoms with E-state index in [0.717, 1.165) is 10.9 Å². The zero-order valence-electron chi connectivity index (χ0n) is 14.6. The van der Waals surface area contributed by atoms with Crippen LogP contribution in [0.1, 0.15) is 22.5 Å². The minimum Gasteiger partial charge on any atom is -0.410 e. The number of rotatable bonds is 7. The number of para-hydroxylation sites is 1. The van der Waals surface area contributed by atoms with Gasteiger partial charge in [0.2, 0.25) is 0 Å². The molecule has 0 saturated carbocycles. The van der Waals surface area contributed by atoms with Gasteiger partial charge in [-0.3, -0.25) is 9.59 Å². The Labute approximate surface area is 156 Å². The highest BCUT2D eigenvalue weighted by Crippen LogP contribution is 2.14. The normalized spacial score (nSPS) is 11.3. The monoisotopic (exact) mass is 364 g/mol. The topological polar surface area (TPSA) is 107 Å². The van der Waals surface area contributed by atoms with Crippen molar-refractivity contribution in [1.29, 1.82) is 0 Å². The summed E-state index contributed by atoms with van der Waals surface area (Å²) in [7, 11) is 0. The average Bonchev–Trinajstić information content (AvgIpc) is 3.13. The largest absolute Gasteiger partial charge is 0.410 e. The van der Waals surface area contributed by atoms with Crippen molar-refractivity contribution < 1.29 is 14.8 Å². The van der Waals surface area contributed by atoms with Gasteiger partial charge in [-0.2, -0.15) is 0 Å². The molecule has 7 heteroatoms. The molecule has 0 aliphatic carbocycles. The van der Waals surface area contributed by atoms with Gasteiger partial charge in [-0.05, 0) is 18.6 Å². The third-order valence-corrected chi connectivity index (χ3v) is 4.06. The van der Waals surface area contributed by atoms with Gasteiger partial charge >= 0.3 is 0 Å². The molecule has 0 unspecified atom stereocenters. The van der Waals surface area contributed by atoms with Crippen LogP contribution in [-0.2, 0) is 4.79 Å². The van der Waals surface area contributed by atoms with Gasteiger partial charge in [0.25, 0.3) is 11.8 Å². The number of nitrogens with one attached hydrogen (secondary N) is 3. The first-order valence-electron chi connectivity index (χ1n) is 8.60. The summed E-state index contributed by atoms with van der Waals surface area (Å²) < 4.78 is 0. The second kappa shape index (κ2) is 8.66. The third kappa shape index (κ3) is 4.52. The number of nitrogens with zero attached hydrogens (tertiary/aromatic N) is 1. The van der Waals surface area contributed by atoms with Crippen molar-refractivity contribution in [3.8, 4) is 0 Å². The molecule has 4 N–H and O–H groups in total. The van der Waals surface area contributed by atoms with Crippen LogP contribution in [0.25, 0.3) is 10.9 Å². The van der Waals surface area contributed by atoms with Crippen LogP contribution in [0.2, 0.25) is 0 Å². The second-order valence-corrected chi connectivity index (χ2v) is 5.95. The maximum Gasteiger partial charge on any atom is 0.273 e. The highest BCUT2D eigenvalue weighted by atomic mass is 16.4. The van der Waals surface area contributed by atoms with Crippen LogP contribution in [0.5, 0.6) is 0 Å². The first kappa shape index (κ1) is 18.2. The highest BCUT2D eigenvalue weighted by molar-refractivity contribution is 6.45. The van der Waals surface area contributed by atoms with Gasteiger partial charge in [0.05, 0.1) is 0 Å². The van der Waals surface area contributed by atoms with Crippen LogP contribution in [0.15, 0.2) is 65.8 Å². The van der Waals surface area contributed by atoms with Gasteiger partial charge in [0.1, 0.15) is 5.69 Å². The quantitative estimate of drug-likeness (QED) is 0.224. The lowest BCUT2D eigenvalue weighted by atomic mass is 10.1. The summed E-state index contributed by atoms with van der Waals surface area (Å²) in [5, 5.41) is 18.6. The molecular formula is C20H20N4O3. The molecule has 0 radical (unpaired) electrons. The molecule has 0 atom stereocenters. The lowest BCUT2D eigenvalue weighted by Crippen LogP contribution is -2.34. The Morgan fingerprint density at radius 1 is 0.963 bits per heavy atom. The molecule has 0 aliphatic rings. The van der Waals surface area contributed by atoms with Crippen LogP contribution in [0.3, 0.4) is 0 Å². The first-order chi connectivity index (χ1) is 13.2. The third-order valence-electron chi connectivity index (χ3n) is 4.06. The fourth-order valence-electron chi connectivity index (χ4n) is 2.70. The zero-order valence-corrected chi connectivity index (χ0v) is 14.6. The van der Waals surface area contributed by atoms with Crippen molar-refractivity contribution in [2.75, 3.05) is 13.1 Å². The summed E-state index contributed by atoms with van der Waals surface area (Å²) in [4.78, 5) is 27.3. The van der Waals surface area contributed by atoms with E-state index in [4.69, 9.17) is 5.21 Å². The van der Waals surface area contributed by atoms with Crippen molar-refractivity contribution in [2.45, 2.75) is 6.42 Å². The van der Waals surface area contributed by atoms with Crippen LogP contribution < -0.4 is 10.6 Å². The minimum atomic E-state index is -0.467. The Hall–Kier alpha value is -3.61. The van der Waals surface area contributed by atoms with Crippen LogP contribution in [0.4, 0.5) is 0 Å². The fourth-order valence-corrected chi connectivity index (χ4v) is 2.70. The number of carbonyl (C=O) groups is 2. The van der Waals surface area contributed by atoms with E-state index in [1.807, 2.05) is 30.3 Å². The van der Waals surface area contributed by atoms with E-state index in [0.29, 0.717) is 30.8 Å². The van der Waals surface area contributed by atoms with Gasteiger partial charge < -0.3 is 20.8 Å². The summed E-state index contributed by atoms with van der Waals surface area (Å²) in [6.45, 7) is 0.753. The Balaban J connectivity index is 1.43. The number of hydrogen-bond acceptors (Lipinski definition) is 4. The lowest BCUT2D eigenvalue weighted by molar-refractivity contribution is -0.114. The molecule has 3 aromatic rings. The Morgan fingerprint density at radius 2 is 1.67 bits per heavy atom. The first-order valence-corrected chi connectivity index (χ1v) is 8.60. The Bertz CT molecular complexity index is 931. The number of hydrogen-bond donors (Lipinski definition) is 4. The average molecular weight is 364 g/mol. The van der Waals surface area contributed by atoms with Gasteiger partial charge in [-0.15, -0.1) is 0 Å². The SMILES string of the molecule is O=C(NCCCNC(=O)c1cc2ccccc2[nH]1)/C(=N\O)c1ccccc1. The highest BCUT2D eigenvalue weighted by Gasteiger charge is 2.14. The fraction of sp³-hybridized carbons (Fsp3) is 0.150. The molecule has 1 aromatic heterocycles. The number of carbonyl (C=O) groups excluding carboxylic acids is 2. The molecule has 0 saturated heterocycles. The molecule has 0 aliphatic heterocycles. The number of amides is 2. The van der Waals surface area contributed by atoms with Gasteiger partial charge in [0.15, 0.2) is 5.71 Å². The maximum atomic E-state index is 12.2. The summed E-state index contributed by atoms with van der Waals surface area (Å²) in [5.41, 5.74) is 1.90. The van der Waals surface area contributed by atoms with Crippen molar-refractivity contribution >= 4 is 28.4 Å². The zero-order chi connectivity index (χ0) is 19.1. The minimum absolute atomic E-state index is 0.0438. The summed E-state index contributed by atoms with van der Waals surface area (Å²) >= 11 is 0. The molecule has 2 aromatic carbocycles. The molecule has 2 amide bonds. The van der Waals surface area contributed by atoms with Gasteiger partial charge in [-0.25, -0.2) is 0 Å². The number of fused-ring (bicyclic) bond motifs is 1. The van der Waals surface area contributed by atoms with Crippen molar-refractivity contribution in [3.05, 3.63) is 71.9 Å². The van der Waals surface area contributed by atoms with Crippen molar-refractivity contribution in [2.24, 2.45) is 5.16 Å². The van der Waals surface area contributed by atoms with E-state index in [1.54, 1.807) is 30.3 Å². The molecule has 0 fully saturated rings. The molecule has 0 bridgehead atoms. The maximum absolute atomic E-state index is 12.2. The molecule has 138 valence electrons. The standard InChI is InChI=1S/C20H20N4O3/c25-19(17-13-15-9-4-5-10-16(15)23-17)21-11-6-12-22-20(26)18(24-27)14-7-2-1-3-8-14/h1-5,7-10,13,23,27H,6,11-12H2,(H,21,25)(H,22,26)/b24-18-. The van der Waals surface area contributed by atoms with E-state index in [-0.39, 0.29) is 11.6 Å². The number of aromatic amines is 1.